The van der Waals surface area contributed by atoms with E-state index in [1.54, 1.807) is 13.1 Å². The van der Waals surface area contributed by atoms with Crippen LogP contribution in [-0.2, 0) is 28.5 Å². The van der Waals surface area contributed by atoms with Crippen LogP contribution in [0.15, 0.2) is 57.8 Å². The van der Waals surface area contributed by atoms with Gasteiger partial charge in [0.1, 0.15) is 6.61 Å². The molecule has 1 aliphatic rings. The molecule has 0 unspecified atom stereocenters. The topological polar surface area (TPSA) is 73.5 Å². The Kier molecular flexibility index (Phi) is 6.12. The second-order valence-corrected chi connectivity index (χ2v) is 8.49. The maximum absolute atomic E-state index is 13.1. The van der Waals surface area contributed by atoms with Crippen molar-refractivity contribution in [2.24, 2.45) is 7.05 Å². The van der Waals surface area contributed by atoms with Gasteiger partial charge in [-0.15, -0.1) is 0 Å². The number of anilines is 1. The number of rotatable bonds is 5. The summed E-state index contributed by atoms with van der Waals surface area (Å²) in [5.74, 6) is -0.564. The molecule has 3 rings (SSSR count). The Morgan fingerprint density at radius 2 is 1.81 bits per heavy atom. The van der Waals surface area contributed by atoms with Crippen LogP contribution >= 0.6 is 0 Å². The maximum Gasteiger partial charge on any atom is 0.333 e. The Hall–Kier alpha value is -3.61. The fourth-order valence-corrected chi connectivity index (χ4v) is 4.01. The van der Waals surface area contributed by atoms with Gasteiger partial charge in [0.2, 0.25) is 0 Å². The summed E-state index contributed by atoms with van der Waals surface area (Å²) in [6.45, 7) is 13.1. The number of carbonyl (C=O) groups is 1. The zero-order chi connectivity index (χ0) is 23.8. The number of hydrogen-bond acceptors (Lipinski definition) is 5. The Bertz CT molecular complexity index is 1360. The van der Waals surface area contributed by atoms with Crippen LogP contribution < -0.4 is 26.7 Å². The third kappa shape index (κ3) is 3.86. The van der Waals surface area contributed by atoms with E-state index in [0.29, 0.717) is 10.6 Å². The quantitative estimate of drug-likeness (QED) is 0.521. The molecule has 0 bridgehead atoms. The molecule has 168 valence electrons. The molecule has 0 saturated heterocycles. The lowest BCUT2D eigenvalue weighted by Crippen LogP contribution is -2.57. The van der Waals surface area contributed by atoms with Crippen LogP contribution in [-0.4, -0.2) is 28.8 Å². The average Bonchev–Trinajstić information content (AvgIpc) is 2.94. The SMILES string of the molecule is C=C(C)C(=O)OCCn1c(=O)/c(=C\C=C2\N(C)c3ccccc3C2(C)C)c(=C)n(C)c1=O. The van der Waals surface area contributed by atoms with Gasteiger partial charge in [-0.1, -0.05) is 45.2 Å². The number of hydrogen-bond donors (Lipinski definition) is 0. The summed E-state index contributed by atoms with van der Waals surface area (Å²) in [5.41, 5.74) is 2.36. The molecule has 0 spiro atoms. The zero-order valence-electron chi connectivity index (χ0n) is 19.3. The minimum atomic E-state index is -0.564. The lowest BCUT2D eigenvalue weighted by molar-refractivity contribution is -0.139. The summed E-state index contributed by atoms with van der Waals surface area (Å²) in [6, 6.07) is 8.18. The van der Waals surface area contributed by atoms with Crippen molar-refractivity contribution in [2.75, 3.05) is 18.6 Å². The number of esters is 1. The number of fused-ring (bicyclic) bond motifs is 1. The highest BCUT2D eigenvalue weighted by molar-refractivity contribution is 5.86. The highest BCUT2D eigenvalue weighted by Crippen LogP contribution is 2.46. The van der Waals surface area contributed by atoms with E-state index in [0.717, 1.165) is 16.0 Å². The van der Waals surface area contributed by atoms with Gasteiger partial charge in [0.25, 0.3) is 5.56 Å². The number of carbonyl (C=O) groups excluding carboxylic acids is 1. The molecule has 0 saturated carbocycles. The normalized spacial score (nSPS) is 16.3. The standard InChI is InChI=1S/C25H29N3O4/c1-16(2)23(30)32-15-14-28-22(29)18(17(3)26(6)24(28)31)12-13-21-25(4,5)19-10-8-9-11-20(19)27(21)7/h8-13H,1,3,14-15H2,2,4-7H3/b18-12-,21-13+. The van der Waals surface area contributed by atoms with Gasteiger partial charge >= 0.3 is 11.7 Å². The zero-order valence-corrected chi connectivity index (χ0v) is 19.3. The highest BCUT2D eigenvalue weighted by Gasteiger charge is 2.37. The van der Waals surface area contributed by atoms with Gasteiger partial charge in [-0.3, -0.25) is 13.9 Å². The minimum absolute atomic E-state index is 0.0565. The predicted molar refractivity (Wildman–Crippen MR) is 127 cm³/mol. The first-order chi connectivity index (χ1) is 15.0. The Morgan fingerprint density at radius 1 is 1.16 bits per heavy atom. The Morgan fingerprint density at radius 3 is 2.44 bits per heavy atom. The number of ether oxygens (including phenoxy) is 1. The fraction of sp³-hybridized carbons (Fsp3) is 0.320. The van der Waals surface area contributed by atoms with Crippen LogP contribution in [0.2, 0.25) is 0 Å². The molecule has 0 N–H and O–H groups in total. The molecule has 7 nitrogen and oxygen atoms in total. The molecule has 7 heteroatoms. The predicted octanol–water partition coefficient (Wildman–Crippen LogP) is 1.17. The molecule has 0 aliphatic carbocycles. The first kappa shape index (κ1) is 23.1. The molecular weight excluding hydrogens is 406 g/mol. The van der Waals surface area contributed by atoms with Crippen LogP contribution in [0.1, 0.15) is 26.3 Å². The molecule has 0 atom stereocenters. The molecular formula is C25H29N3O4. The van der Waals surface area contributed by atoms with Gasteiger partial charge in [-0.05, 0) is 30.7 Å². The number of aromatic nitrogens is 2. The van der Waals surface area contributed by atoms with Crippen molar-refractivity contribution in [1.82, 2.24) is 9.13 Å². The van der Waals surface area contributed by atoms with Gasteiger partial charge in [0.05, 0.1) is 17.1 Å². The molecule has 0 amide bonds. The number of allylic oxidation sites excluding steroid dienone is 2. The van der Waals surface area contributed by atoms with Gasteiger partial charge < -0.3 is 9.64 Å². The van der Waals surface area contributed by atoms with Gasteiger partial charge in [-0.25, -0.2) is 9.59 Å². The van der Waals surface area contributed by atoms with E-state index in [-0.39, 0.29) is 24.1 Å². The van der Waals surface area contributed by atoms with Crippen molar-refractivity contribution in [3.63, 3.8) is 0 Å². The lowest BCUT2D eigenvalue weighted by atomic mass is 9.84. The Balaban J connectivity index is 2.07. The largest absolute Gasteiger partial charge is 0.460 e. The molecule has 32 heavy (non-hydrogen) atoms. The second-order valence-electron chi connectivity index (χ2n) is 8.49. The summed E-state index contributed by atoms with van der Waals surface area (Å²) >= 11 is 0. The van der Waals surface area contributed by atoms with Crippen molar-refractivity contribution >= 4 is 24.3 Å². The van der Waals surface area contributed by atoms with Crippen LogP contribution in [0.3, 0.4) is 0 Å². The summed E-state index contributed by atoms with van der Waals surface area (Å²) in [4.78, 5) is 39.5. The van der Waals surface area contributed by atoms with Crippen molar-refractivity contribution < 1.29 is 9.53 Å². The van der Waals surface area contributed by atoms with Crippen LogP contribution in [0.25, 0.3) is 12.7 Å². The summed E-state index contributed by atoms with van der Waals surface area (Å²) < 4.78 is 7.44. The first-order valence-electron chi connectivity index (χ1n) is 10.4. The fourth-order valence-electron chi connectivity index (χ4n) is 4.01. The highest BCUT2D eigenvalue weighted by atomic mass is 16.5. The van der Waals surface area contributed by atoms with E-state index in [4.69, 9.17) is 4.74 Å². The van der Waals surface area contributed by atoms with Crippen LogP contribution in [0.4, 0.5) is 5.69 Å². The van der Waals surface area contributed by atoms with Crippen molar-refractivity contribution in [2.45, 2.75) is 32.7 Å². The lowest BCUT2D eigenvalue weighted by Gasteiger charge is -2.23. The maximum atomic E-state index is 13.1. The number of likely N-dealkylation sites (N-methyl/N-ethyl adjacent to an activating group) is 1. The van der Waals surface area contributed by atoms with E-state index >= 15 is 0 Å². The van der Waals surface area contributed by atoms with E-state index < -0.39 is 17.2 Å². The smallest absolute Gasteiger partial charge is 0.333 e. The van der Waals surface area contributed by atoms with Gasteiger partial charge in [-0.2, -0.15) is 0 Å². The molecule has 2 aromatic rings. The molecule has 0 radical (unpaired) electrons. The summed E-state index contributed by atoms with van der Waals surface area (Å²) in [6.07, 6.45) is 3.61. The molecule has 0 fully saturated rings. The number of para-hydroxylation sites is 1. The van der Waals surface area contributed by atoms with E-state index in [1.165, 1.54) is 17.1 Å². The van der Waals surface area contributed by atoms with E-state index in [9.17, 15) is 14.4 Å². The molecule has 1 aliphatic heterocycles. The first-order valence-corrected chi connectivity index (χ1v) is 10.4. The van der Waals surface area contributed by atoms with Crippen LogP contribution in [0, 0.1) is 0 Å². The minimum Gasteiger partial charge on any atom is -0.460 e. The Labute approximate surface area is 186 Å². The summed E-state index contributed by atoms with van der Waals surface area (Å²) in [7, 11) is 3.56. The number of benzene rings is 1. The van der Waals surface area contributed by atoms with E-state index in [1.807, 2.05) is 25.3 Å². The monoisotopic (exact) mass is 435 g/mol. The van der Waals surface area contributed by atoms with Crippen molar-refractivity contribution in [3.05, 3.63) is 85.2 Å². The van der Waals surface area contributed by atoms with Gasteiger partial charge in [0, 0.05) is 36.5 Å². The summed E-state index contributed by atoms with van der Waals surface area (Å²) in [5, 5.41) is 0.633. The van der Waals surface area contributed by atoms with Crippen molar-refractivity contribution in [3.8, 4) is 0 Å². The van der Waals surface area contributed by atoms with Crippen molar-refractivity contribution in [1.29, 1.82) is 0 Å². The molecule has 1 aromatic carbocycles. The number of nitrogens with zero attached hydrogens (tertiary/aromatic N) is 3. The third-order valence-electron chi connectivity index (χ3n) is 5.95. The van der Waals surface area contributed by atoms with Gasteiger partial charge in [0.15, 0.2) is 0 Å². The molecule has 1 aromatic heterocycles. The molecule has 2 heterocycles. The third-order valence-corrected chi connectivity index (χ3v) is 5.95. The van der Waals surface area contributed by atoms with Crippen LogP contribution in [0.5, 0.6) is 0 Å². The second kappa shape index (κ2) is 8.49. The van der Waals surface area contributed by atoms with E-state index in [2.05, 4.69) is 44.0 Å². The average molecular weight is 436 g/mol.